The van der Waals surface area contributed by atoms with Gasteiger partial charge in [-0.3, -0.25) is 4.98 Å². The summed E-state index contributed by atoms with van der Waals surface area (Å²) in [6, 6.07) is 4.88. The molecule has 2 nitrogen and oxygen atoms in total. The molecule has 64 valence electrons. The van der Waals surface area contributed by atoms with Gasteiger partial charge in [-0.2, -0.15) is 0 Å². The van der Waals surface area contributed by atoms with Gasteiger partial charge in [0.15, 0.2) is 0 Å². The summed E-state index contributed by atoms with van der Waals surface area (Å²) in [5.41, 5.74) is 1.39. The van der Waals surface area contributed by atoms with Crippen LogP contribution in [0.2, 0.25) is 0 Å². The molecule has 2 rings (SSSR count). The maximum Gasteiger partial charge on any atom is 0.113 e. The van der Waals surface area contributed by atoms with E-state index >= 15 is 0 Å². The van der Waals surface area contributed by atoms with Crippen molar-refractivity contribution in [3.8, 4) is 0 Å². The normalized spacial score (nSPS) is 23.8. The van der Waals surface area contributed by atoms with Gasteiger partial charge in [-0.15, -0.1) is 0 Å². The van der Waals surface area contributed by atoms with Gasteiger partial charge in [0.25, 0.3) is 0 Å². The second kappa shape index (κ2) is 3.68. The number of pyridine rings is 1. The van der Waals surface area contributed by atoms with Gasteiger partial charge in [0.1, 0.15) is 6.04 Å². The molecule has 1 aliphatic heterocycles. The highest BCUT2D eigenvalue weighted by molar-refractivity contribution is 5.11. The lowest BCUT2D eigenvalue weighted by Crippen LogP contribution is -2.86. The number of nitrogens with two attached hydrogens (primary N) is 1. The summed E-state index contributed by atoms with van der Waals surface area (Å²) in [7, 11) is 0. The Labute approximate surface area is 73.0 Å². The molecular formula is C10H15N2+. The zero-order valence-corrected chi connectivity index (χ0v) is 7.24. The van der Waals surface area contributed by atoms with Gasteiger partial charge in [0.2, 0.25) is 0 Å². The molecule has 1 aliphatic rings. The van der Waals surface area contributed by atoms with Crippen LogP contribution in [0.1, 0.15) is 30.9 Å². The molecule has 0 bridgehead atoms. The predicted molar refractivity (Wildman–Crippen MR) is 47.6 cm³/mol. The molecule has 2 heteroatoms. The van der Waals surface area contributed by atoms with Gasteiger partial charge in [-0.1, -0.05) is 6.07 Å². The molecular weight excluding hydrogens is 148 g/mol. The molecule has 2 heterocycles. The van der Waals surface area contributed by atoms with Crippen LogP contribution in [0.5, 0.6) is 0 Å². The van der Waals surface area contributed by atoms with Gasteiger partial charge in [0.05, 0.1) is 6.54 Å². The Bertz CT molecular complexity index is 227. The van der Waals surface area contributed by atoms with Crippen molar-refractivity contribution < 1.29 is 5.32 Å². The van der Waals surface area contributed by atoms with Crippen LogP contribution in [0.3, 0.4) is 0 Å². The molecule has 0 unspecified atom stereocenters. The minimum absolute atomic E-state index is 0.674. The fourth-order valence-electron chi connectivity index (χ4n) is 1.84. The Morgan fingerprint density at radius 3 is 3.08 bits per heavy atom. The van der Waals surface area contributed by atoms with Crippen LogP contribution in [0.25, 0.3) is 0 Å². The highest BCUT2D eigenvalue weighted by atomic mass is 14.9. The molecule has 0 amide bonds. The number of nitrogens with zero attached hydrogens (tertiary/aromatic N) is 1. The first-order chi connectivity index (χ1) is 5.97. The quantitative estimate of drug-likeness (QED) is 0.654. The third kappa shape index (κ3) is 1.64. The maximum absolute atomic E-state index is 4.14. The van der Waals surface area contributed by atoms with Crippen LogP contribution >= 0.6 is 0 Å². The van der Waals surface area contributed by atoms with Crippen molar-refractivity contribution in [1.29, 1.82) is 0 Å². The smallest absolute Gasteiger partial charge is 0.113 e. The van der Waals surface area contributed by atoms with E-state index in [-0.39, 0.29) is 0 Å². The number of rotatable bonds is 1. The van der Waals surface area contributed by atoms with Crippen LogP contribution in [0.15, 0.2) is 24.5 Å². The largest absolute Gasteiger partial charge is 0.340 e. The number of piperidine rings is 1. The Morgan fingerprint density at radius 2 is 2.42 bits per heavy atom. The molecule has 1 saturated heterocycles. The molecule has 1 aromatic heterocycles. The monoisotopic (exact) mass is 163 g/mol. The molecule has 1 atom stereocenters. The number of hydrogen-bond acceptors (Lipinski definition) is 1. The van der Waals surface area contributed by atoms with E-state index < -0.39 is 0 Å². The Kier molecular flexibility index (Phi) is 2.37. The maximum atomic E-state index is 4.14. The average molecular weight is 163 g/mol. The van der Waals surface area contributed by atoms with Crippen molar-refractivity contribution in [1.82, 2.24) is 4.98 Å². The molecule has 12 heavy (non-hydrogen) atoms. The first-order valence-electron chi connectivity index (χ1n) is 4.70. The van der Waals surface area contributed by atoms with E-state index in [0.717, 1.165) is 0 Å². The van der Waals surface area contributed by atoms with E-state index in [0.29, 0.717) is 6.04 Å². The highest BCUT2D eigenvalue weighted by Crippen LogP contribution is 2.16. The van der Waals surface area contributed by atoms with E-state index in [2.05, 4.69) is 16.4 Å². The minimum atomic E-state index is 0.674. The van der Waals surface area contributed by atoms with Crippen molar-refractivity contribution in [3.63, 3.8) is 0 Å². The van der Waals surface area contributed by atoms with E-state index in [1.54, 1.807) is 0 Å². The number of hydrogen-bond donors (Lipinski definition) is 1. The average Bonchev–Trinajstić information content (AvgIpc) is 2.21. The second-order valence-corrected chi connectivity index (χ2v) is 3.41. The van der Waals surface area contributed by atoms with Crippen molar-refractivity contribution in [2.75, 3.05) is 6.54 Å². The van der Waals surface area contributed by atoms with Crippen molar-refractivity contribution >= 4 is 0 Å². The summed E-state index contributed by atoms with van der Waals surface area (Å²) < 4.78 is 0. The SMILES string of the molecule is c1cncc([C@@H]2CCCC[NH2+]2)c1. The predicted octanol–water partition coefficient (Wildman–Crippen LogP) is 0.870. The van der Waals surface area contributed by atoms with Crippen LogP contribution in [-0.4, -0.2) is 11.5 Å². The third-order valence-electron chi connectivity index (χ3n) is 2.53. The van der Waals surface area contributed by atoms with E-state index in [9.17, 15) is 0 Å². The molecule has 2 N–H and O–H groups in total. The zero-order chi connectivity index (χ0) is 8.23. The molecule has 0 saturated carbocycles. The summed E-state index contributed by atoms with van der Waals surface area (Å²) in [6.07, 6.45) is 7.89. The van der Waals surface area contributed by atoms with E-state index in [4.69, 9.17) is 0 Å². The zero-order valence-electron chi connectivity index (χ0n) is 7.24. The summed E-state index contributed by atoms with van der Waals surface area (Å²) >= 11 is 0. The summed E-state index contributed by atoms with van der Waals surface area (Å²) in [6.45, 7) is 1.28. The van der Waals surface area contributed by atoms with Gasteiger partial charge in [0, 0.05) is 24.4 Å². The van der Waals surface area contributed by atoms with Gasteiger partial charge < -0.3 is 5.32 Å². The molecule has 1 fully saturated rings. The highest BCUT2D eigenvalue weighted by Gasteiger charge is 2.17. The van der Waals surface area contributed by atoms with E-state index in [1.807, 2.05) is 18.5 Å². The molecule has 0 aromatic carbocycles. The summed E-state index contributed by atoms with van der Waals surface area (Å²) in [4.78, 5) is 4.14. The number of aromatic nitrogens is 1. The third-order valence-corrected chi connectivity index (χ3v) is 2.53. The van der Waals surface area contributed by atoms with Crippen LogP contribution < -0.4 is 5.32 Å². The van der Waals surface area contributed by atoms with Gasteiger partial charge in [-0.05, 0) is 18.9 Å². The lowest BCUT2D eigenvalue weighted by molar-refractivity contribution is -0.704. The Balaban J connectivity index is 2.08. The second-order valence-electron chi connectivity index (χ2n) is 3.41. The fourth-order valence-corrected chi connectivity index (χ4v) is 1.84. The van der Waals surface area contributed by atoms with Crippen molar-refractivity contribution in [2.24, 2.45) is 0 Å². The fraction of sp³-hybridized carbons (Fsp3) is 0.500. The van der Waals surface area contributed by atoms with Gasteiger partial charge >= 0.3 is 0 Å². The summed E-state index contributed by atoms with van der Waals surface area (Å²) in [5, 5.41) is 2.43. The standard InChI is InChI=1S/C10H14N2/c1-2-7-12-10(5-1)9-4-3-6-11-8-9/h3-4,6,8,10,12H,1-2,5,7H2/p+1/t10-/m0/s1. The van der Waals surface area contributed by atoms with Crippen LogP contribution in [0.4, 0.5) is 0 Å². The Morgan fingerprint density at radius 1 is 1.42 bits per heavy atom. The van der Waals surface area contributed by atoms with Crippen molar-refractivity contribution in [3.05, 3.63) is 30.1 Å². The first kappa shape index (κ1) is 7.74. The Hall–Kier alpha value is -0.890. The van der Waals surface area contributed by atoms with Crippen LogP contribution in [-0.2, 0) is 0 Å². The lowest BCUT2D eigenvalue weighted by Gasteiger charge is -2.19. The molecule has 0 radical (unpaired) electrons. The topological polar surface area (TPSA) is 29.5 Å². The molecule has 0 aliphatic carbocycles. The summed E-state index contributed by atoms with van der Waals surface area (Å²) in [5.74, 6) is 0. The van der Waals surface area contributed by atoms with Crippen LogP contribution in [0, 0.1) is 0 Å². The lowest BCUT2D eigenvalue weighted by atomic mass is 9.99. The van der Waals surface area contributed by atoms with Crippen molar-refractivity contribution in [2.45, 2.75) is 25.3 Å². The number of quaternary nitrogens is 1. The van der Waals surface area contributed by atoms with Gasteiger partial charge in [-0.25, -0.2) is 0 Å². The molecule has 0 spiro atoms. The minimum Gasteiger partial charge on any atom is -0.340 e. The first-order valence-corrected chi connectivity index (χ1v) is 4.70. The van der Waals surface area contributed by atoms with E-state index in [1.165, 1.54) is 31.4 Å². The molecule has 1 aromatic rings.